The summed E-state index contributed by atoms with van der Waals surface area (Å²) in [4.78, 5) is 11.4. The normalized spacial score (nSPS) is 20.9. The molecule has 2 rings (SSSR count). The summed E-state index contributed by atoms with van der Waals surface area (Å²) in [7, 11) is 1.39. The van der Waals surface area contributed by atoms with E-state index in [1.54, 1.807) is 0 Å². The number of nitrogens with one attached hydrogen (secondary N) is 1. The van der Waals surface area contributed by atoms with Gasteiger partial charge in [-0.05, 0) is 19.1 Å². The van der Waals surface area contributed by atoms with Crippen LogP contribution in [0.2, 0.25) is 0 Å². The molecule has 0 aliphatic carbocycles. The summed E-state index contributed by atoms with van der Waals surface area (Å²) in [6.07, 6.45) is 0.590. The second-order valence-corrected chi connectivity index (χ2v) is 4.37. The lowest BCUT2D eigenvalue weighted by atomic mass is 10.2. The molecule has 0 saturated carbocycles. The molecule has 20 heavy (non-hydrogen) atoms. The Balaban J connectivity index is 0.00000200. The first kappa shape index (κ1) is 16.6. The first-order chi connectivity index (χ1) is 9.22. The third-order valence-corrected chi connectivity index (χ3v) is 3.00. The maximum Gasteiger partial charge on any atom is 0.323 e. The Hall–Kier alpha value is -1.46. The van der Waals surface area contributed by atoms with Crippen LogP contribution in [0.1, 0.15) is 13.3 Å². The zero-order valence-corrected chi connectivity index (χ0v) is 12.4. The Bertz CT molecular complexity index is 441. The van der Waals surface area contributed by atoms with Crippen LogP contribution in [-0.4, -0.2) is 38.4 Å². The van der Waals surface area contributed by atoms with Gasteiger partial charge in [-0.2, -0.15) is 0 Å². The summed E-state index contributed by atoms with van der Waals surface area (Å²) >= 11 is 0. The highest BCUT2D eigenvalue weighted by Gasteiger charge is 2.31. The highest BCUT2D eigenvalue weighted by molar-refractivity contribution is 5.85. The number of hydrogen-bond donors (Lipinski definition) is 1. The molecule has 1 N–H and O–H groups in total. The Kier molecular flexibility index (Phi) is 6.61. The van der Waals surface area contributed by atoms with Crippen LogP contribution in [0.25, 0.3) is 0 Å². The molecule has 0 spiro atoms. The van der Waals surface area contributed by atoms with E-state index in [4.69, 9.17) is 14.2 Å². The second kappa shape index (κ2) is 7.97. The third kappa shape index (κ3) is 4.28. The second-order valence-electron chi connectivity index (χ2n) is 4.37. The number of halogens is 1. The first-order valence-electron chi connectivity index (χ1n) is 6.43. The Labute approximate surface area is 125 Å². The molecule has 0 radical (unpaired) electrons. The van der Waals surface area contributed by atoms with Crippen LogP contribution in [-0.2, 0) is 9.53 Å². The smallest absolute Gasteiger partial charge is 0.323 e. The lowest BCUT2D eigenvalue weighted by Gasteiger charge is -2.13. The van der Waals surface area contributed by atoms with Crippen LogP contribution >= 0.6 is 12.4 Å². The molecule has 1 fully saturated rings. The standard InChI is InChI=1S/C14H19NO4.ClH/c1-3-18-10-5-4-6-11(7-10)19-12-8-13(15-9-12)14(16)17-2;/h4-7,12-13,15H,3,8-9H2,1-2H3;1H. The summed E-state index contributed by atoms with van der Waals surface area (Å²) in [6.45, 7) is 3.20. The minimum atomic E-state index is -0.273. The lowest BCUT2D eigenvalue weighted by molar-refractivity contribution is -0.142. The molecule has 1 saturated heterocycles. The Morgan fingerprint density at radius 2 is 2.15 bits per heavy atom. The van der Waals surface area contributed by atoms with E-state index < -0.39 is 0 Å². The van der Waals surface area contributed by atoms with E-state index in [-0.39, 0.29) is 30.5 Å². The predicted molar refractivity (Wildman–Crippen MR) is 77.7 cm³/mol. The lowest BCUT2D eigenvalue weighted by Crippen LogP contribution is -2.31. The molecule has 0 bridgehead atoms. The monoisotopic (exact) mass is 301 g/mol. The van der Waals surface area contributed by atoms with Crippen molar-refractivity contribution in [3.8, 4) is 11.5 Å². The third-order valence-electron chi connectivity index (χ3n) is 3.00. The van der Waals surface area contributed by atoms with Crippen LogP contribution in [0.5, 0.6) is 11.5 Å². The SMILES string of the molecule is CCOc1cccc(OC2CNC(C(=O)OC)C2)c1.Cl. The number of benzene rings is 1. The average Bonchev–Trinajstić information content (AvgIpc) is 2.87. The molecule has 2 unspecified atom stereocenters. The van der Waals surface area contributed by atoms with Gasteiger partial charge in [-0.3, -0.25) is 4.79 Å². The number of ether oxygens (including phenoxy) is 3. The van der Waals surface area contributed by atoms with Crippen molar-refractivity contribution in [2.24, 2.45) is 0 Å². The van der Waals surface area contributed by atoms with Gasteiger partial charge in [-0.15, -0.1) is 12.4 Å². The molecule has 5 nitrogen and oxygen atoms in total. The molecular weight excluding hydrogens is 282 g/mol. The Morgan fingerprint density at radius 3 is 2.85 bits per heavy atom. The summed E-state index contributed by atoms with van der Waals surface area (Å²) in [6, 6.07) is 7.24. The highest BCUT2D eigenvalue weighted by Crippen LogP contribution is 2.22. The van der Waals surface area contributed by atoms with Crippen molar-refractivity contribution in [1.82, 2.24) is 5.32 Å². The van der Waals surface area contributed by atoms with Gasteiger partial charge >= 0.3 is 5.97 Å². The van der Waals surface area contributed by atoms with Crippen LogP contribution in [0, 0.1) is 0 Å². The van der Waals surface area contributed by atoms with Gasteiger partial charge in [0.2, 0.25) is 0 Å². The summed E-state index contributed by atoms with van der Waals surface area (Å²) in [5.41, 5.74) is 0. The van der Waals surface area contributed by atoms with E-state index >= 15 is 0 Å². The fourth-order valence-electron chi connectivity index (χ4n) is 2.11. The van der Waals surface area contributed by atoms with Crippen LogP contribution < -0.4 is 14.8 Å². The molecule has 2 atom stereocenters. The molecule has 0 amide bonds. The van der Waals surface area contributed by atoms with E-state index in [2.05, 4.69) is 5.32 Å². The zero-order valence-electron chi connectivity index (χ0n) is 11.6. The zero-order chi connectivity index (χ0) is 13.7. The first-order valence-corrected chi connectivity index (χ1v) is 6.43. The van der Waals surface area contributed by atoms with Crippen LogP contribution in [0.15, 0.2) is 24.3 Å². The number of methoxy groups -OCH3 is 1. The fraction of sp³-hybridized carbons (Fsp3) is 0.500. The summed E-state index contributed by atoms with van der Waals surface area (Å²) in [5, 5.41) is 3.09. The van der Waals surface area contributed by atoms with Crippen molar-refractivity contribution >= 4 is 18.4 Å². The molecule has 0 aromatic heterocycles. The van der Waals surface area contributed by atoms with E-state index in [0.29, 0.717) is 19.6 Å². The van der Waals surface area contributed by atoms with Gasteiger partial charge in [0.15, 0.2) is 0 Å². The number of esters is 1. The van der Waals surface area contributed by atoms with Crippen LogP contribution in [0.4, 0.5) is 0 Å². The maximum atomic E-state index is 11.4. The summed E-state index contributed by atoms with van der Waals surface area (Å²) < 4.78 is 16.0. The molecule has 112 valence electrons. The minimum absolute atomic E-state index is 0. The molecule has 1 heterocycles. The van der Waals surface area contributed by atoms with Gasteiger partial charge in [-0.1, -0.05) is 6.07 Å². The summed E-state index contributed by atoms with van der Waals surface area (Å²) in [5.74, 6) is 1.30. The highest BCUT2D eigenvalue weighted by atomic mass is 35.5. The van der Waals surface area contributed by atoms with Crippen molar-refractivity contribution in [3.05, 3.63) is 24.3 Å². The molecule has 1 aromatic rings. The topological polar surface area (TPSA) is 56.8 Å². The van der Waals surface area contributed by atoms with E-state index in [1.807, 2.05) is 31.2 Å². The van der Waals surface area contributed by atoms with E-state index in [0.717, 1.165) is 11.5 Å². The number of carbonyl (C=O) groups excluding carboxylic acids is 1. The molecule has 1 aromatic carbocycles. The molecule has 1 aliphatic heterocycles. The van der Waals surface area contributed by atoms with Crippen molar-refractivity contribution < 1.29 is 19.0 Å². The quantitative estimate of drug-likeness (QED) is 0.840. The van der Waals surface area contributed by atoms with Crippen molar-refractivity contribution in [2.45, 2.75) is 25.5 Å². The molecule has 1 aliphatic rings. The fourth-order valence-corrected chi connectivity index (χ4v) is 2.11. The van der Waals surface area contributed by atoms with Gasteiger partial charge < -0.3 is 19.5 Å². The van der Waals surface area contributed by atoms with Gasteiger partial charge in [-0.25, -0.2) is 0 Å². The van der Waals surface area contributed by atoms with Crippen molar-refractivity contribution in [1.29, 1.82) is 0 Å². The van der Waals surface area contributed by atoms with Gasteiger partial charge in [0, 0.05) is 19.0 Å². The molecular formula is C14H20ClNO4. The van der Waals surface area contributed by atoms with Crippen molar-refractivity contribution in [3.63, 3.8) is 0 Å². The van der Waals surface area contributed by atoms with E-state index in [1.165, 1.54) is 7.11 Å². The Morgan fingerprint density at radius 1 is 1.40 bits per heavy atom. The minimum Gasteiger partial charge on any atom is -0.494 e. The van der Waals surface area contributed by atoms with Crippen LogP contribution in [0.3, 0.4) is 0 Å². The number of carbonyl (C=O) groups is 1. The molecule has 6 heteroatoms. The van der Waals surface area contributed by atoms with E-state index in [9.17, 15) is 4.79 Å². The van der Waals surface area contributed by atoms with Gasteiger partial charge in [0.25, 0.3) is 0 Å². The average molecular weight is 302 g/mol. The number of hydrogen-bond acceptors (Lipinski definition) is 5. The predicted octanol–water partition coefficient (Wildman–Crippen LogP) is 1.79. The maximum absolute atomic E-state index is 11.4. The number of rotatable bonds is 5. The largest absolute Gasteiger partial charge is 0.494 e. The van der Waals surface area contributed by atoms with Crippen molar-refractivity contribution in [2.75, 3.05) is 20.3 Å². The van der Waals surface area contributed by atoms with Gasteiger partial charge in [0.05, 0.1) is 13.7 Å². The van der Waals surface area contributed by atoms with Gasteiger partial charge in [0.1, 0.15) is 23.6 Å².